The van der Waals surface area contributed by atoms with Gasteiger partial charge in [-0.05, 0) is 39.0 Å². The van der Waals surface area contributed by atoms with Crippen LogP contribution in [0.2, 0.25) is 0 Å². The minimum atomic E-state index is -1.44. The van der Waals surface area contributed by atoms with Crippen LogP contribution in [0.15, 0.2) is 30.3 Å². The van der Waals surface area contributed by atoms with E-state index >= 15 is 0 Å². The van der Waals surface area contributed by atoms with Crippen LogP contribution in [-0.4, -0.2) is 104 Å². The molecule has 0 aliphatic heterocycles. The standard InChI is InChI=1S/C25H38N6O7S.CH4N2/c1-26-10-6-9-17(14-32)28-25(38)20(15-39)31-23(36)18(11-16-7-4-3-5-8-16)30-24(37)19(12-22(34)35)29-21(33)13-27-2;2-1-3/h3-5,7-8,14,17-20,26-27,39H,6,9-13,15H2,1-2H3,(H,28,38)(H,29,33)(H,30,37)(H,31,36)(H,34,35);1H,(H3,2,3)/t17?,18-,19?,20?;/m1./s1. The van der Waals surface area contributed by atoms with Gasteiger partial charge in [-0.2, -0.15) is 12.6 Å². The van der Waals surface area contributed by atoms with Gasteiger partial charge in [0.25, 0.3) is 0 Å². The van der Waals surface area contributed by atoms with Gasteiger partial charge in [0.2, 0.25) is 23.6 Å². The Morgan fingerprint density at radius 3 is 2.02 bits per heavy atom. The lowest BCUT2D eigenvalue weighted by atomic mass is 10.0. The van der Waals surface area contributed by atoms with Crippen molar-refractivity contribution in [3.8, 4) is 0 Å². The summed E-state index contributed by atoms with van der Waals surface area (Å²) in [6.45, 7) is 0.513. The molecule has 4 amide bonds. The number of hydrogen-bond acceptors (Lipinski definition) is 10. The van der Waals surface area contributed by atoms with E-state index in [0.717, 1.165) is 6.34 Å². The fourth-order valence-corrected chi connectivity index (χ4v) is 3.80. The molecule has 16 heteroatoms. The fraction of sp³-hybridized carbons (Fsp3) is 0.500. The highest BCUT2D eigenvalue weighted by Gasteiger charge is 2.31. The Kier molecular flexibility index (Phi) is 20.5. The number of nitrogens with one attached hydrogen (secondary N) is 7. The predicted octanol–water partition coefficient (Wildman–Crippen LogP) is -2.46. The van der Waals surface area contributed by atoms with Gasteiger partial charge in [-0.1, -0.05) is 30.3 Å². The molecule has 1 aromatic carbocycles. The summed E-state index contributed by atoms with van der Waals surface area (Å²) in [7, 11) is 3.28. The lowest BCUT2D eigenvalue weighted by molar-refractivity contribution is -0.141. The number of carboxylic acid groups (broad SMARTS) is 1. The van der Waals surface area contributed by atoms with Crippen molar-refractivity contribution in [3.05, 3.63) is 35.9 Å². The summed E-state index contributed by atoms with van der Waals surface area (Å²) in [5.41, 5.74) is 5.07. The number of thiol groups is 1. The summed E-state index contributed by atoms with van der Waals surface area (Å²) >= 11 is 4.15. The van der Waals surface area contributed by atoms with Crippen LogP contribution in [-0.2, 0) is 35.2 Å². The summed E-state index contributed by atoms with van der Waals surface area (Å²) in [6.07, 6.45) is 1.73. The Bertz CT molecular complexity index is 1020. The van der Waals surface area contributed by atoms with E-state index in [1.807, 2.05) is 0 Å². The molecular formula is C26H42N8O7S. The number of likely N-dealkylation sites (N-methyl/N-ethyl adjacent to an activating group) is 1. The smallest absolute Gasteiger partial charge is 0.305 e. The highest BCUT2D eigenvalue weighted by molar-refractivity contribution is 7.80. The summed E-state index contributed by atoms with van der Waals surface area (Å²) in [4.78, 5) is 73.7. The van der Waals surface area contributed by atoms with Crippen LogP contribution in [0.4, 0.5) is 0 Å². The number of carboxylic acids is 1. The Hall–Kier alpha value is -4.02. The molecule has 0 aliphatic rings. The molecule has 0 aromatic heterocycles. The van der Waals surface area contributed by atoms with Crippen LogP contribution in [0.25, 0.3) is 0 Å². The van der Waals surface area contributed by atoms with Gasteiger partial charge in [0.15, 0.2) is 0 Å². The lowest BCUT2D eigenvalue weighted by Crippen LogP contribution is -2.58. The van der Waals surface area contributed by atoms with Crippen molar-refractivity contribution in [1.82, 2.24) is 31.9 Å². The lowest BCUT2D eigenvalue weighted by Gasteiger charge is -2.25. The van der Waals surface area contributed by atoms with Crippen molar-refractivity contribution in [3.63, 3.8) is 0 Å². The minimum Gasteiger partial charge on any atom is -0.481 e. The maximum Gasteiger partial charge on any atom is 0.305 e. The molecule has 42 heavy (non-hydrogen) atoms. The van der Waals surface area contributed by atoms with Crippen LogP contribution in [0.5, 0.6) is 0 Å². The summed E-state index contributed by atoms with van der Waals surface area (Å²) in [5, 5.41) is 30.6. The van der Waals surface area contributed by atoms with Crippen LogP contribution in [0.3, 0.4) is 0 Å². The maximum atomic E-state index is 13.3. The maximum absolute atomic E-state index is 13.3. The molecule has 0 fully saturated rings. The topological polar surface area (TPSA) is 245 Å². The molecule has 0 spiro atoms. The number of benzene rings is 1. The average molecular weight is 611 g/mol. The SMILES string of the molecule is CNCCCC(C=O)NC(=O)C(CS)NC(=O)[C@@H](Cc1ccccc1)NC(=O)C(CC(=O)O)NC(=O)CNC.N=CN. The van der Waals surface area contributed by atoms with Crippen molar-refractivity contribution >= 4 is 54.9 Å². The van der Waals surface area contributed by atoms with E-state index in [4.69, 9.17) is 5.41 Å². The number of nitrogens with two attached hydrogens (primary N) is 1. The zero-order valence-corrected chi connectivity index (χ0v) is 24.6. The van der Waals surface area contributed by atoms with Crippen LogP contribution in [0, 0.1) is 5.41 Å². The molecule has 3 unspecified atom stereocenters. The molecule has 0 heterocycles. The Morgan fingerprint density at radius 2 is 1.50 bits per heavy atom. The second kappa shape index (κ2) is 22.6. The number of rotatable bonds is 19. The molecular weight excluding hydrogens is 568 g/mol. The van der Waals surface area contributed by atoms with E-state index in [2.05, 4.69) is 50.3 Å². The predicted molar refractivity (Wildman–Crippen MR) is 160 cm³/mol. The number of aldehydes is 1. The number of amides is 4. The second-order valence-electron chi connectivity index (χ2n) is 8.91. The van der Waals surface area contributed by atoms with Gasteiger partial charge in [-0.3, -0.25) is 29.4 Å². The zero-order valence-electron chi connectivity index (χ0n) is 23.7. The third-order valence-electron chi connectivity index (χ3n) is 5.53. The van der Waals surface area contributed by atoms with Crippen molar-refractivity contribution in [2.24, 2.45) is 5.73 Å². The summed E-state index contributed by atoms with van der Waals surface area (Å²) < 4.78 is 0. The molecule has 0 radical (unpaired) electrons. The molecule has 0 saturated carbocycles. The molecule has 1 rings (SSSR count). The van der Waals surface area contributed by atoms with Gasteiger partial charge in [-0.15, -0.1) is 0 Å². The number of carbonyl (C=O) groups excluding carboxylic acids is 5. The molecule has 234 valence electrons. The molecule has 0 bridgehead atoms. The highest BCUT2D eigenvalue weighted by atomic mass is 32.1. The first kappa shape index (κ1) is 38.0. The van der Waals surface area contributed by atoms with Crippen LogP contribution < -0.4 is 37.6 Å². The van der Waals surface area contributed by atoms with Gasteiger partial charge in [0.05, 0.1) is 25.3 Å². The van der Waals surface area contributed by atoms with E-state index in [1.54, 1.807) is 37.4 Å². The van der Waals surface area contributed by atoms with Crippen LogP contribution in [0.1, 0.15) is 24.8 Å². The normalized spacial score (nSPS) is 13.0. The molecule has 15 nitrogen and oxygen atoms in total. The zero-order chi connectivity index (χ0) is 31.9. The van der Waals surface area contributed by atoms with E-state index < -0.39 is 60.2 Å². The van der Waals surface area contributed by atoms with Gasteiger partial charge in [-0.25, -0.2) is 0 Å². The van der Waals surface area contributed by atoms with Gasteiger partial charge in [0.1, 0.15) is 24.4 Å². The third-order valence-corrected chi connectivity index (χ3v) is 5.90. The minimum absolute atomic E-state index is 0.0184. The van der Waals surface area contributed by atoms with Gasteiger partial charge in [0, 0.05) is 12.2 Å². The first-order chi connectivity index (χ1) is 20.1. The number of carbonyl (C=O) groups is 6. The van der Waals surface area contributed by atoms with Crippen molar-refractivity contribution in [2.45, 2.75) is 49.9 Å². The monoisotopic (exact) mass is 610 g/mol. The van der Waals surface area contributed by atoms with Crippen molar-refractivity contribution in [1.29, 1.82) is 5.41 Å². The van der Waals surface area contributed by atoms with Crippen molar-refractivity contribution in [2.75, 3.05) is 32.9 Å². The quantitative estimate of drug-likeness (QED) is 0.0260. The average Bonchev–Trinajstić information content (AvgIpc) is 2.95. The second-order valence-corrected chi connectivity index (χ2v) is 9.27. The number of hydrogen-bond donors (Lipinski definition) is 10. The van der Waals surface area contributed by atoms with E-state index in [0.29, 0.717) is 31.2 Å². The van der Waals surface area contributed by atoms with E-state index in [9.17, 15) is 33.9 Å². The largest absolute Gasteiger partial charge is 0.481 e. The molecule has 0 saturated heterocycles. The van der Waals surface area contributed by atoms with E-state index in [1.165, 1.54) is 7.05 Å². The third kappa shape index (κ3) is 16.3. The molecule has 1 aromatic rings. The molecule has 10 N–H and O–H groups in total. The first-order valence-electron chi connectivity index (χ1n) is 13.1. The van der Waals surface area contributed by atoms with Gasteiger partial charge >= 0.3 is 5.97 Å². The first-order valence-corrected chi connectivity index (χ1v) is 13.7. The highest BCUT2D eigenvalue weighted by Crippen LogP contribution is 2.06. The number of aliphatic carboxylic acids is 1. The molecule has 0 aliphatic carbocycles. The van der Waals surface area contributed by atoms with Crippen molar-refractivity contribution < 1.29 is 33.9 Å². The summed E-state index contributed by atoms with van der Waals surface area (Å²) in [5.74, 6) is -4.24. The Balaban J connectivity index is 0.00000535. The Labute approximate surface area is 250 Å². The Morgan fingerprint density at radius 1 is 0.929 bits per heavy atom. The van der Waals surface area contributed by atoms with E-state index in [-0.39, 0.29) is 18.7 Å². The van der Waals surface area contributed by atoms with Crippen LogP contribution >= 0.6 is 12.6 Å². The van der Waals surface area contributed by atoms with Gasteiger partial charge < -0.3 is 47.5 Å². The fourth-order valence-electron chi connectivity index (χ4n) is 3.54. The summed E-state index contributed by atoms with van der Waals surface area (Å²) in [6, 6.07) is 4.21. The molecule has 4 atom stereocenters.